The quantitative estimate of drug-likeness (QED) is 0.677. The summed E-state index contributed by atoms with van der Waals surface area (Å²) in [5.74, 6) is 1.12. The van der Waals surface area contributed by atoms with Gasteiger partial charge < -0.3 is 15.0 Å². The molecular formula is C21H31ClN4O2S. The van der Waals surface area contributed by atoms with Crippen molar-refractivity contribution in [2.45, 2.75) is 46.1 Å². The molecule has 0 atom stereocenters. The van der Waals surface area contributed by atoms with Crippen molar-refractivity contribution < 1.29 is 9.53 Å². The molecule has 0 aliphatic carbocycles. The Bertz CT molecular complexity index is 819. The van der Waals surface area contributed by atoms with Gasteiger partial charge in [-0.05, 0) is 38.1 Å². The molecule has 0 bridgehead atoms. The van der Waals surface area contributed by atoms with Crippen LogP contribution in [-0.2, 0) is 11.3 Å². The number of hydrogen-bond acceptors (Lipinski definition) is 6. The molecule has 6 nitrogen and oxygen atoms in total. The van der Waals surface area contributed by atoms with Gasteiger partial charge in [-0.25, -0.2) is 0 Å². The number of carbonyl (C=O) groups excluding carboxylic acids is 1. The van der Waals surface area contributed by atoms with E-state index < -0.39 is 5.41 Å². The Hall–Kier alpha value is -1.41. The predicted molar refractivity (Wildman–Crippen MR) is 119 cm³/mol. The Kier molecular flexibility index (Phi) is 7.37. The largest absolute Gasteiger partial charge is 0.383 e. The fourth-order valence-electron chi connectivity index (χ4n) is 3.49. The van der Waals surface area contributed by atoms with Crippen LogP contribution in [0.25, 0.3) is 0 Å². The fraction of sp³-hybridized carbons (Fsp3) is 0.619. The first-order valence-corrected chi connectivity index (χ1v) is 11.3. The minimum atomic E-state index is -0.504. The molecule has 0 aromatic carbocycles. The summed E-state index contributed by atoms with van der Waals surface area (Å²) in [6.07, 6.45) is 2.09. The van der Waals surface area contributed by atoms with Crippen LogP contribution in [0.1, 0.15) is 54.9 Å². The third kappa shape index (κ3) is 5.81. The Morgan fingerprint density at radius 1 is 1.34 bits per heavy atom. The van der Waals surface area contributed by atoms with Gasteiger partial charge in [0.15, 0.2) is 0 Å². The first-order chi connectivity index (χ1) is 13.8. The van der Waals surface area contributed by atoms with Crippen molar-refractivity contribution in [1.29, 1.82) is 0 Å². The highest BCUT2D eigenvalue weighted by Gasteiger charge is 2.29. The number of carbonyl (C=O) groups is 1. The molecule has 2 aromatic heterocycles. The van der Waals surface area contributed by atoms with Crippen LogP contribution in [0, 0.1) is 5.41 Å². The maximum atomic E-state index is 13.0. The number of piperidine rings is 1. The van der Waals surface area contributed by atoms with Crippen LogP contribution in [-0.4, -0.2) is 53.9 Å². The highest BCUT2D eigenvalue weighted by Crippen LogP contribution is 2.31. The molecule has 1 saturated heterocycles. The molecule has 8 heteroatoms. The van der Waals surface area contributed by atoms with Gasteiger partial charge in [0.05, 0.1) is 23.2 Å². The standard InChI is InChI=1S/C21H31ClN4O2S/c1-21(2,3)20(27)26-19(23-14-16-5-6-18(22)29-16)13-17(24-26)15-7-9-25(10-8-15)11-12-28-4/h5-6,13,15,23H,7-12,14H2,1-4H3. The summed E-state index contributed by atoms with van der Waals surface area (Å²) in [4.78, 5) is 16.5. The summed E-state index contributed by atoms with van der Waals surface area (Å²) in [5, 5.41) is 8.14. The molecule has 3 rings (SSSR count). The van der Waals surface area contributed by atoms with Crippen LogP contribution in [0.3, 0.4) is 0 Å². The lowest BCUT2D eigenvalue weighted by atomic mass is 9.93. The molecule has 1 aliphatic rings. The van der Waals surface area contributed by atoms with Gasteiger partial charge in [-0.1, -0.05) is 32.4 Å². The van der Waals surface area contributed by atoms with E-state index in [-0.39, 0.29) is 5.91 Å². The van der Waals surface area contributed by atoms with Crippen LogP contribution in [0.4, 0.5) is 5.82 Å². The van der Waals surface area contributed by atoms with Crippen molar-refractivity contribution in [2.24, 2.45) is 5.41 Å². The Morgan fingerprint density at radius 3 is 2.66 bits per heavy atom. The average molecular weight is 439 g/mol. The highest BCUT2D eigenvalue weighted by molar-refractivity contribution is 7.16. The number of rotatable bonds is 7. The number of ether oxygens (including phenoxy) is 1. The van der Waals surface area contributed by atoms with Gasteiger partial charge in [-0.2, -0.15) is 9.78 Å². The molecule has 0 saturated carbocycles. The van der Waals surface area contributed by atoms with Crippen LogP contribution >= 0.6 is 22.9 Å². The summed E-state index contributed by atoms with van der Waals surface area (Å²) >= 11 is 7.58. The number of nitrogens with one attached hydrogen (secondary N) is 1. The minimum Gasteiger partial charge on any atom is -0.383 e. The van der Waals surface area contributed by atoms with Crippen molar-refractivity contribution in [3.05, 3.63) is 33.1 Å². The lowest BCUT2D eigenvalue weighted by molar-refractivity contribution is 0.0750. The zero-order valence-corrected chi connectivity index (χ0v) is 19.3. The Labute approximate surface area is 182 Å². The maximum Gasteiger partial charge on any atom is 0.254 e. The summed E-state index contributed by atoms with van der Waals surface area (Å²) in [6.45, 7) is 10.2. The monoisotopic (exact) mass is 438 g/mol. The zero-order chi connectivity index (χ0) is 21.0. The number of halogens is 1. The van der Waals surface area contributed by atoms with Crippen molar-refractivity contribution in [3.8, 4) is 0 Å². The minimum absolute atomic E-state index is 0.00649. The normalized spacial score (nSPS) is 16.3. The van der Waals surface area contributed by atoms with Crippen LogP contribution in [0.5, 0.6) is 0 Å². The molecule has 0 amide bonds. The molecular weight excluding hydrogens is 408 g/mol. The van der Waals surface area contributed by atoms with E-state index in [4.69, 9.17) is 21.4 Å². The van der Waals surface area contributed by atoms with Crippen molar-refractivity contribution >= 4 is 34.7 Å². The van der Waals surface area contributed by atoms with Gasteiger partial charge in [0, 0.05) is 35.9 Å². The zero-order valence-electron chi connectivity index (χ0n) is 17.7. The summed E-state index contributed by atoms with van der Waals surface area (Å²) in [5.41, 5.74) is 0.496. The molecule has 3 heterocycles. The van der Waals surface area contributed by atoms with Crippen LogP contribution < -0.4 is 5.32 Å². The number of likely N-dealkylation sites (tertiary alicyclic amines) is 1. The van der Waals surface area contributed by atoms with E-state index >= 15 is 0 Å². The average Bonchev–Trinajstić information content (AvgIpc) is 3.30. The molecule has 2 aromatic rings. The van der Waals surface area contributed by atoms with Gasteiger partial charge in [-0.3, -0.25) is 4.79 Å². The number of nitrogens with zero attached hydrogens (tertiary/aromatic N) is 3. The SMILES string of the molecule is COCCN1CCC(c2cc(NCc3ccc(Cl)s3)n(C(=O)C(C)(C)C)n2)CC1. The molecule has 0 unspecified atom stereocenters. The van der Waals surface area contributed by atoms with Gasteiger partial charge >= 0.3 is 0 Å². The lowest BCUT2D eigenvalue weighted by Gasteiger charge is -2.30. The Balaban J connectivity index is 1.74. The van der Waals surface area contributed by atoms with E-state index in [9.17, 15) is 4.79 Å². The first kappa shape index (κ1) is 22.3. The first-order valence-electron chi connectivity index (χ1n) is 10.1. The second kappa shape index (κ2) is 9.60. The predicted octanol–water partition coefficient (Wildman–Crippen LogP) is 4.72. The lowest BCUT2D eigenvalue weighted by Crippen LogP contribution is -2.35. The summed E-state index contributed by atoms with van der Waals surface area (Å²) < 4.78 is 7.51. The van der Waals surface area contributed by atoms with E-state index in [1.807, 2.05) is 39.0 Å². The van der Waals surface area contributed by atoms with Crippen LogP contribution in [0.2, 0.25) is 4.34 Å². The van der Waals surface area contributed by atoms with Crippen molar-refractivity contribution in [1.82, 2.24) is 14.7 Å². The van der Waals surface area contributed by atoms with Crippen LogP contribution in [0.15, 0.2) is 18.2 Å². The topological polar surface area (TPSA) is 59.4 Å². The molecule has 29 heavy (non-hydrogen) atoms. The smallest absolute Gasteiger partial charge is 0.254 e. The van der Waals surface area contributed by atoms with Gasteiger partial charge in [0.2, 0.25) is 0 Å². The van der Waals surface area contributed by atoms with E-state index in [1.165, 1.54) is 0 Å². The molecule has 160 valence electrons. The second-order valence-corrected chi connectivity index (χ2v) is 10.4. The van der Waals surface area contributed by atoms with Gasteiger partial charge in [0.25, 0.3) is 5.91 Å². The van der Waals surface area contributed by atoms with E-state index in [0.717, 1.165) is 59.8 Å². The van der Waals surface area contributed by atoms with Crippen molar-refractivity contribution in [3.63, 3.8) is 0 Å². The molecule has 0 radical (unpaired) electrons. The van der Waals surface area contributed by atoms with E-state index in [0.29, 0.717) is 12.5 Å². The summed E-state index contributed by atoms with van der Waals surface area (Å²) in [6, 6.07) is 5.95. The highest BCUT2D eigenvalue weighted by atomic mass is 35.5. The fourth-order valence-corrected chi connectivity index (χ4v) is 4.52. The second-order valence-electron chi connectivity index (χ2n) is 8.59. The van der Waals surface area contributed by atoms with Gasteiger partial charge in [-0.15, -0.1) is 11.3 Å². The molecule has 1 N–H and O–H groups in total. The number of aromatic nitrogens is 2. The molecule has 1 aliphatic heterocycles. The maximum absolute atomic E-state index is 13.0. The summed E-state index contributed by atoms with van der Waals surface area (Å²) in [7, 11) is 1.74. The molecule has 1 fully saturated rings. The number of thiophene rings is 1. The number of anilines is 1. The molecule has 0 spiro atoms. The van der Waals surface area contributed by atoms with Crippen molar-refractivity contribution in [2.75, 3.05) is 38.7 Å². The Morgan fingerprint density at radius 2 is 2.07 bits per heavy atom. The van der Waals surface area contributed by atoms with E-state index in [2.05, 4.69) is 10.2 Å². The number of methoxy groups -OCH3 is 1. The van der Waals surface area contributed by atoms with E-state index in [1.54, 1.807) is 23.1 Å². The third-order valence-corrected chi connectivity index (χ3v) is 6.48. The van der Waals surface area contributed by atoms with Gasteiger partial charge in [0.1, 0.15) is 5.82 Å². The number of hydrogen-bond donors (Lipinski definition) is 1. The third-order valence-electron chi connectivity index (χ3n) is 5.25.